The quantitative estimate of drug-likeness (QED) is 0.645. The van der Waals surface area contributed by atoms with E-state index in [1.54, 1.807) is 36.1 Å². The normalized spacial score (nSPS) is 10.3. The van der Waals surface area contributed by atoms with Crippen LogP contribution >= 0.6 is 11.6 Å². The third kappa shape index (κ3) is 2.78. The minimum absolute atomic E-state index is 0.0690. The summed E-state index contributed by atoms with van der Waals surface area (Å²) >= 11 is 5.98. The molecule has 0 fully saturated rings. The van der Waals surface area contributed by atoms with Crippen LogP contribution in [0.15, 0.2) is 24.4 Å². The Morgan fingerprint density at radius 2 is 2.33 bits per heavy atom. The number of hydrogen-bond acceptors (Lipinski definition) is 4. The molecule has 18 heavy (non-hydrogen) atoms. The molecular formula is C11H12ClN5O. The number of halogens is 1. The van der Waals surface area contributed by atoms with Gasteiger partial charge in [0.2, 0.25) is 0 Å². The van der Waals surface area contributed by atoms with Crippen molar-refractivity contribution >= 4 is 17.4 Å². The Morgan fingerprint density at radius 1 is 1.56 bits per heavy atom. The standard InChI is InChI=1S/C11H12ClN5O/c1-17-5-7(15-16-17)6-18-8-2-3-9(11(13)14)10(12)4-8/h2-5H,6H2,1H3,(H3,13,14). The highest BCUT2D eigenvalue weighted by atomic mass is 35.5. The first-order valence-electron chi connectivity index (χ1n) is 5.18. The Labute approximate surface area is 109 Å². The minimum atomic E-state index is -0.0690. The van der Waals surface area contributed by atoms with Gasteiger partial charge in [-0.3, -0.25) is 10.1 Å². The maximum absolute atomic E-state index is 7.32. The van der Waals surface area contributed by atoms with Crippen molar-refractivity contribution in [2.75, 3.05) is 0 Å². The van der Waals surface area contributed by atoms with Crippen LogP contribution in [0.4, 0.5) is 0 Å². The molecule has 3 N–H and O–H groups in total. The van der Waals surface area contributed by atoms with Gasteiger partial charge in [0.1, 0.15) is 23.9 Å². The zero-order valence-corrected chi connectivity index (χ0v) is 10.5. The van der Waals surface area contributed by atoms with Crippen LogP contribution in [0, 0.1) is 5.41 Å². The number of nitrogen functional groups attached to an aromatic ring is 1. The first-order chi connectivity index (χ1) is 8.56. The molecule has 0 aliphatic heterocycles. The number of aromatic nitrogens is 3. The summed E-state index contributed by atoms with van der Waals surface area (Å²) in [5, 5.41) is 15.4. The van der Waals surface area contributed by atoms with Gasteiger partial charge in [0.15, 0.2) is 0 Å². The lowest BCUT2D eigenvalue weighted by atomic mass is 10.2. The molecule has 0 unspecified atom stereocenters. The second-order valence-electron chi connectivity index (χ2n) is 3.73. The molecule has 1 aromatic carbocycles. The van der Waals surface area contributed by atoms with Gasteiger partial charge in [-0.25, -0.2) is 0 Å². The molecule has 1 aromatic heterocycles. The van der Waals surface area contributed by atoms with E-state index in [4.69, 9.17) is 27.5 Å². The van der Waals surface area contributed by atoms with E-state index in [2.05, 4.69) is 10.3 Å². The first kappa shape index (κ1) is 12.4. The van der Waals surface area contributed by atoms with Gasteiger partial charge in [-0.2, -0.15) is 0 Å². The van der Waals surface area contributed by atoms with E-state index >= 15 is 0 Å². The highest BCUT2D eigenvalue weighted by Crippen LogP contribution is 2.22. The van der Waals surface area contributed by atoms with Gasteiger partial charge in [-0.15, -0.1) is 5.10 Å². The zero-order chi connectivity index (χ0) is 13.1. The van der Waals surface area contributed by atoms with Gasteiger partial charge < -0.3 is 10.5 Å². The maximum Gasteiger partial charge on any atom is 0.134 e. The molecule has 7 heteroatoms. The molecule has 0 saturated heterocycles. The van der Waals surface area contributed by atoms with Gasteiger partial charge in [0.05, 0.1) is 11.2 Å². The zero-order valence-electron chi connectivity index (χ0n) is 9.72. The number of ether oxygens (including phenoxy) is 1. The van der Waals surface area contributed by atoms with E-state index < -0.39 is 0 Å². The lowest BCUT2D eigenvalue weighted by molar-refractivity contribution is 0.301. The minimum Gasteiger partial charge on any atom is -0.487 e. The van der Waals surface area contributed by atoms with Crippen LogP contribution < -0.4 is 10.5 Å². The third-order valence-electron chi connectivity index (χ3n) is 2.27. The summed E-state index contributed by atoms with van der Waals surface area (Å²) in [7, 11) is 1.79. The fourth-order valence-electron chi connectivity index (χ4n) is 1.42. The first-order valence-corrected chi connectivity index (χ1v) is 5.56. The molecule has 0 saturated carbocycles. The van der Waals surface area contributed by atoms with Crippen molar-refractivity contribution < 1.29 is 4.74 Å². The summed E-state index contributed by atoms with van der Waals surface area (Å²) in [6.07, 6.45) is 1.77. The Balaban J connectivity index is 2.06. The predicted octanol–water partition coefficient (Wildman–Crippen LogP) is 1.33. The molecule has 1 heterocycles. The number of aryl methyl sites for hydroxylation is 1. The summed E-state index contributed by atoms with van der Waals surface area (Å²) in [5.41, 5.74) is 6.58. The predicted molar refractivity (Wildman–Crippen MR) is 67.8 cm³/mol. The fourth-order valence-corrected chi connectivity index (χ4v) is 1.70. The lowest BCUT2D eigenvalue weighted by Gasteiger charge is -2.07. The van der Waals surface area contributed by atoms with E-state index in [0.29, 0.717) is 22.9 Å². The lowest BCUT2D eigenvalue weighted by Crippen LogP contribution is -2.11. The number of nitrogens with one attached hydrogen (secondary N) is 1. The van der Waals surface area contributed by atoms with Gasteiger partial charge in [0, 0.05) is 12.6 Å². The van der Waals surface area contributed by atoms with Crippen LogP contribution in [0.1, 0.15) is 11.3 Å². The van der Waals surface area contributed by atoms with Crippen LogP contribution in [0.25, 0.3) is 0 Å². The van der Waals surface area contributed by atoms with Crippen LogP contribution in [-0.2, 0) is 13.7 Å². The molecule has 2 aromatic rings. The Hall–Kier alpha value is -2.08. The van der Waals surface area contributed by atoms with Crippen molar-refractivity contribution in [3.8, 4) is 5.75 Å². The molecule has 0 radical (unpaired) electrons. The number of hydrogen-bond donors (Lipinski definition) is 2. The summed E-state index contributed by atoms with van der Waals surface area (Å²) in [6, 6.07) is 4.98. The number of nitrogens with two attached hydrogens (primary N) is 1. The highest BCUT2D eigenvalue weighted by Gasteiger charge is 2.06. The average Bonchev–Trinajstić information content (AvgIpc) is 2.72. The number of rotatable bonds is 4. The molecular weight excluding hydrogens is 254 g/mol. The smallest absolute Gasteiger partial charge is 0.134 e. The van der Waals surface area contributed by atoms with Gasteiger partial charge in [0.25, 0.3) is 0 Å². The van der Waals surface area contributed by atoms with E-state index in [0.717, 1.165) is 5.69 Å². The van der Waals surface area contributed by atoms with Crippen molar-refractivity contribution in [3.63, 3.8) is 0 Å². The van der Waals surface area contributed by atoms with Crippen LogP contribution in [0.2, 0.25) is 5.02 Å². The van der Waals surface area contributed by atoms with Crippen LogP contribution in [0.3, 0.4) is 0 Å². The van der Waals surface area contributed by atoms with E-state index in [1.165, 1.54) is 0 Å². The van der Waals surface area contributed by atoms with Crippen molar-refractivity contribution in [2.24, 2.45) is 12.8 Å². The summed E-state index contributed by atoms with van der Waals surface area (Å²) in [5.74, 6) is 0.524. The molecule has 0 amide bonds. The SMILES string of the molecule is Cn1cc(COc2ccc(C(=N)N)c(Cl)c2)nn1. The van der Waals surface area contributed by atoms with Crippen molar-refractivity contribution in [3.05, 3.63) is 40.7 Å². The van der Waals surface area contributed by atoms with E-state index in [1.807, 2.05) is 0 Å². The average molecular weight is 266 g/mol. The van der Waals surface area contributed by atoms with Crippen LogP contribution in [-0.4, -0.2) is 20.8 Å². The molecule has 2 rings (SSSR count). The van der Waals surface area contributed by atoms with Crippen molar-refractivity contribution in [2.45, 2.75) is 6.61 Å². The number of benzene rings is 1. The molecule has 0 atom stereocenters. The van der Waals surface area contributed by atoms with Gasteiger partial charge in [-0.1, -0.05) is 16.8 Å². The van der Waals surface area contributed by atoms with Crippen molar-refractivity contribution in [1.29, 1.82) is 5.41 Å². The number of nitrogens with zero attached hydrogens (tertiary/aromatic N) is 3. The molecule has 0 bridgehead atoms. The highest BCUT2D eigenvalue weighted by molar-refractivity contribution is 6.34. The summed E-state index contributed by atoms with van der Waals surface area (Å²) in [6.45, 7) is 0.309. The molecule has 94 valence electrons. The topological polar surface area (TPSA) is 89.8 Å². The van der Waals surface area contributed by atoms with Gasteiger partial charge in [-0.05, 0) is 18.2 Å². The largest absolute Gasteiger partial charge is 0.487 e. The maximum atomic E-state index is 7.32. The summed E-state index contributed by atoms with van der Waals surface area (Å²) in [4.78, 5) is 0. The number of amidine groups is 1. The van der Waals surface area contributed by atoms with Crippen molar-refractivity contribution in [1.82, 2.24) is 15.0 Å². The third-order valence-corrected chi connectivity index (χ3v) is 2.58. The van der Waals surface area contributed by atoms with Crippen LogP contribution in [0.5, 0.6) is 5.75 Å². The van der Waals surface area contributed by atoms with E-state index in [-0.39, 0.29) is 5.84 Å². The molecule has 0 spiro atoms. The Morgan fingerprint density at radius 3 is 2.89 bits per heavy atom. The second kappa shape index (κ2) is 5.05. The summed E-state index contributed by atoms with van der Waals surface area (Å²) < 4.78 is 7.11. The Kier molecular flexibility index (Phi) is 3.47. The van der Waals surface area contributed by atoms with Gasteiger partial charge >= 0.3 is 0 Å². The Bertz CT molecular complexity index is 581. The monoisotopic (exact) mass is 265 g/mol. The molecule has 6 nitrogen and oxygen atoms in total. The second-order valence-corrected chi connectivity index (χ2v) is 4.13. The fraction of sp³-hybridized carbons (Fsp3) is 0.182. The molecule has 0 aliphatic rings. The van der Waals surface area contributed by atoms with E-state index in [9.17, 15) is 0 Å². The molecule has 0 aliphatic carbocycles.